The van der Waals surface area contributed by atoms with Gasteiger partial charge in [-0.1, -0.05) is 30.3 Å². The molecule has 2 rings (SSSR count). The summed E-state index contributed by atoms with van der Waals surface area (Å²) in [7, 11) is -1.85. The van der Waals surface area contributed by atoms with Crippen molar-refractivity contribution in [3.63, 3.8) is 0 Å². The summed E-state index contributed by atoms with van der Waals surface area (Å²) in [6.45, 7) is 0.624. The van der Waals surface area contributed by atoms with Gasteiger partial charge in [-0.2, -0.15) is 0 Å². The number of nitrogens with two attached hydrogens (primary N) is 1. The minimum atomic E-state index is -3.49. The minimum Gasteiger partial charge on any atom is -0.496 e. The van der Waals surface area contributed by atoms with Crippen LogP contribution in [0.4, 0.5) is 5.69 Å². The number of hydrogen-bond acceptors (Lipinski definition) is 4. The van der Waals surface area contributed by atoms with E-state index in [2.05, 4.69) is 5.32 Å². The third-order valence-electron chi connectivity index (χ3n) is 3.00. The lowest BCUT2D eigenvalue weighted by Crippen LogP contribution is -2.14. The molecule has 0 aliphatic carbocycles. The maximum Gasteiger partial charge on any atom is 0.213 e. The standard InChI is InChI=1S/C15H18N2O3S/c1-20-15-5-3-2-4-13(15)10-17-14-8-6-12(7-9-14)11-21(16,18)19/h2-9,17H,10-11H2,1H3,(H2,16,18,19). The number of rotatable bonds is 6. The van der Waals surface area contributed by atoms with E-state index in [4.69, 9.17) is 9.88 Å². The first-order valence-corrected chi connectivity index (χ1v) is 8.14. The van der Waals surface area contributed by atoms with Gasteiger partial charge in [-0.3, -0.25) is 0 Å². The zero-order chi connectivity index (χ0) is 15.3. The molecule has 2 aromatic rings. The van der Waals surface area contributed by atoms with Crippen molar-refractivity contribution < 1.29 is 13.2 Å². The lowest BCUT2D eigenvalue weighted by Gasteiger charge is -2.10. The number of para-hydroxylation sites is 1. The highest BCUT2D eigenvalue weighted by Gasteiger charge is 2.05. The highest BCUT2D eigenvalue weighted by atomic mass is 32.2. The van der Waals surface area contributed by atoms with Crippen molar-refractivity contribution in [1.29, 1.82) is 0 Å². The van der Waals surface area contributed by atoms with E-state index >= 15 is 0 Å². The first kappa shape index (κ1) is 15.3. The van der Waals surface area contributed by atoms with Crippen LogP contribution in [-0.2, 0) is 22.3 Å². The third-order valence-corrected chi connectivity index (χ3v) is 3.73. The van der Waals surface area contributed by atoms with E-state index in [0.29, 0.717) is 12.1 Å². The Bertz CT molecular complexity index is 697. The van der Waals surface area contributed by atoms with Gasteiger partial charge in [-0.05, 0) is 23.8 Å². The van der Waals surface area contributed by atoms with Gasteiger partial charge in [0.25, 0.3) is 0 Å². The van der Waals surface area contributed by atoms with Gasteiger partial charge in [-0.15, -0.1) is 0 Å². The van der Waals surface area contributed by atoms with Crippen LogP contribution < -0.4 is 15.2 Å². The van der Waals surface area contributed by atoms with Crippen molar-refractivity contribution in [1.82, 2.24) is 0 Å². The fourth-order valence-corrected chi connectivity index (χ4v) is 2.65. The van der Waals surface area contributed by atoms with Crippen LogP contribution >= 0.6 is 0 Å². The predicted molar refractivity (Wildman–Crippen MR) is 83.6 cm³/mol. The van der Waals surface area contributed by atoms with Crippen LogP contribution in [0.5, 0.6) is 5.75 Å². The summed E-state index contributed by atoms with van der Waals surface area (Å²) < 4.78 is 27.3. The predicted octanol–water partition coefficient (Wildman–Crippen LogP) is 2.10. The van der Waals surface area contributed by atoms with Gasteiger partial charge in [-0.25, -0.2) is 13.6 Å². The number of sulfonamides is 1. The van der Waals surface area contributed by atoms with Gasteiger partial charge in [0, 0.05) is 17.8 Å². The molecule has 5 nitrogen and oxygen atoms in total. The number of nitrogens with one attached hydrogen (secondary N) is 1. The molecule has 0 radical (unpaired) electrons. The van der Waals surface area contributed by atoms with Gasteiger partial charge >= 0.3 is 0 Å². The van der Waals surface area contributed by atoms with Crippen molar-refractivity contribution in [3.05, 3.63) is 59.7 Å². The van der Waals surface area contributed by atoms with Crippen molar-refractivity contribution in [2.24, 2.45) is 5.14 Å². The summed E-state index contributed by atoms with van der Waals surface area (Å²) >= 11 is 0. The number of hydrogen-bond donors (Lipinski definition) is 2. The van der Waals surface area contributed by atoms with Crippen LogP contribution in [-0.4, -0.2) is 15.5 Å². The van der Waals surface area contributed by atoms with Crippen molar-refractivity contribution >= 4 is 15.7 Å². The number of ether oxygens (including phenoxy) is 1. The molecule has 21 heavy (non-hydrogen) atoms. The number of anilines is 1. The van der Waals surface area contributed by atoms with E-state index in [1.807, 2.05) is 36.4 Å². The van der Waals surface area contributed by atoms with Crippen molar-refractivity contribution in [2.45, 2.75) is 12.3 Å². The molecular weight excluding hydrogens is 288 g/mol. The first-order chi connectivity index (χ1) is 9.98. The van der Waals surface area contributed by atoms with E-state index < -0.39 is 10.0 Å². The molecule has 2 aromatic carbocycles. The summed E-state index contributed by atoms with van der Waals surface area (Å²) in [5.74, 6) is 0.676. The van der Waals surface area contributed by atoms with E-state index in [1.165, 1.54) is 0 Å². The summed E-state index contributed by atoms with van der Waals surface area (Å²) in [4.78, 5) is 0. The zero-order valence-corrected chi connectivity index (χ0v) is 12.6. The second kappa shape index (κ2) is 6.60. The molecular formula is C15H18N2O3S. The third kappa shape index (κ3) is 4.77. The highest BCUT2D eigenvalue weighted by molar-refractivity contribution is 7.88. The summed E-state index contributed by atoms with van der Waals surface area (Å²) in [6, 6.07) is 14.9. The number of methoxy groups -OCH3 is 1. The van der Waals surface area contributed by atoms with Gasteiger partial charge in [0.15, 0.2) is 0 Å². The average Bonchev–Trinajstić information content (AvgIpc) is 2.45. The summed E-state index contributed by atoms with van der Waals surface area (Å²) in [6.07, 6.45) is 0. The van der Waals surface area contributed by atoms with Crippen LogP contribution in [0, 0.1) is 0 Å². The Kier molecular flexibility index (Phi) is 4.82. The Hall–Kier alpha value is -2.05. The smallest absolute Gasteiger partial charge is 0.213 e. The molecule has 0 heterocycles. The molecule has 0 spiro atoms. The van der Waals surface area contributed by atoms with Crippen LogP contribution in [0.25, 0.3) is 0 Å². The molecule has 6 heteroatoms. The number of primary sulfonamides is 1. The monoisotopic (exact) mass is 306 g/mol. The fraction of sp³-hybridized carbons (Fsp3) is 0.200. The van der Waals surface area contributed by atoms with Crippen molar-refractivity contribution in [2.75, 3.05) is 12.4 Å². The maximum atomic E-state index is 11.0. The van der Waals surface area contributed by atoms with E-state index in [-0.39, 0.29) is 5.75 Å². The van der Waals surface area contributed by atoms with Gasteiger partial charge in [0.2, 0.25) is 10.0 Å². The Morgan fingerprint density at radius 3 is 2.38 bits per heavy atom. The van der Waals surface area contributed by atoms with E-state index in [1.54, 1.807) is 19.2 Å². The normalized spacial score (nSPS) is 11.1. The number of benzene rings is 2. The molecule has 0 amide bonds. The molecule has 0 saturated carbocycles. The summed E-state index contributed by atoms with van der Waals surface area (Å²) in [5.41, 5.74) is 2.62. The average molecular weight is 306 g/mol. The Labute approximate surface area is 124 Å². The van der Waals surface area contributed by atoms with Gasteiger partial charge in [0.1, 0.15) is 5.75 Å². The Morgan fingerprint density at radius 1 is 1.10 bits per heavy atom. The topological polar surface area (TPSA) is 81.4 Å². The van der Waals surface area contributed by atoms with E-state index in [9.17, 15) is 8.42 Å². The molecule has 3 N–H and O–H groups in total. The van der Waals surface area contributed by atoms with Crippen molar-refractivity contribution in [3.8, 4) is 5.75 Å². The second-order valence-corrected chi connectivity index (χ2v) is 6.28. The Balaban J connectivity index is 2.01. The molecule has 0 aliphatic heterocycles. The largest absolute Gasteiger partial charge is 0.496 e. The molecule has 112 valence electrons. The molecule has 0 fully saturated rings. The van der Waals surface area contributed by atoms with Gasteiger partial charge in [0.05, 0.1) is 12.9 Å². The maximum absolute atomic E-state index is 11.0. The second-order valence-electron chi connectivity index (χ2n) is 4.67. The van der Waals surface area contributed by atoms with Crippen LogP contribution in [0.3, 0.4) is 0 Å². The fourth-order valence-electron chi connectivity index (χ4n) is 2.00. The van der Waals surface area contributed by atoms with Crippen LogP contribution in [0.15, 0.2) is 48.5 Å². The highest BCUT2D eigenvalue weighted by Crippen LogP contribution is 2.19. The van der Waals surface area contributed by atoms with E-state index in [0.717, 1.165) is 17.0 Å². The van der Waals surface area contributed by atoms with Crippen LogP contribution in [0.1, 0.15) is 11.1 Å². The SMILES string of the molecule is COc1ccccc1CNc1ccc(CS(N)(=O)=O)cc1. The lowest BCUT2D eigenvalue weighted by molar-refractivity contribution is 0.410. The zero-order valence-electron chi connectivity index (χ0n) is 11.7. The minimum absolute atomic E-state index is 0.153. The molecule has 0 atom stereocenters. The molecule has 0 aromatic heterocycles. The molecule has 0 bridgehead atoms. The molecule has 0 unspecified atom stereocenters. The van der Waals surface area contributed by atoms with Crippen LogP contribution in [0.2, 0.25) is 0 Å². The lowest BCUT2D eigenvalue weighted by atomic mass is 10.2. The molecule has 0 saturated heterocycles. The first-order valence-electron chi connectivity index (χ1n) is 6.43. The summed E-state index contributed by atoms with van der Waals surface area (Å²) in [5, 5.41) is 8.28. The molecule has 0 aliphatic rings. The Morgan fingerprint density at radius 2 is 1.76 bits per heavy atom. The quantitative estimate of drug-likeness (QED) is 0.856. The van der Waals surface area contributed by atoms with Gasteiger partial charge < -0.3 is 10.1 Å².